The van der Waals surface area contributed by atoms with Crippen LogP contribution in [0.25, 0.3) is 0 Å². The van der Waals surface area contributed by atoms with Crippen molar-refractivity contribution in [1.29, 1.82) is 0 Å². The Morgan fingerprint density at radius 3 is 2.37 bits per heavy atom. The predicted molar refractivity (Wildman–Crippen MR) is 124 cm³/mol. The molecule has 0 atom stereocenters. The van der Waals surface area contributed by atoms with E-state index < -0.39 is 11.7 Å². The molecule has 1 fully saturated rings. The van der Waals surface area contributed by atoms with Gasteiger partial charge in [-0.25, -0.2) is 4.79 Å². The molecule has 1 aromatic carbocycles. The molecule has 0 spiro atoms. The number of nitrogens with zero attached hydrogens (tertiary/aromatic N) is 2. The molecule has 0 aliphatic carbocycles. The zero-order valence-electron chi connectivity index (χ0n) is 19.1. The number of unbranched alkanes of at least 4 members (excludes halogenated alkanes) is 1. The molecule has 1 saturated heterocycles. The normalized spacial score (nSPS) is 15.1. The number of hydrogen-bond donors (Lipinski definition) is 3. The first kappa shape index (κ1) is 24.0. The minimum atomic E-state index is -0.504. The van der Waals surface area contributed by atoms with Gasteiger partial charge >= 0.3 is 6.09 Å². The fourth-order valence-electron chi connectivity index (χ4n) is 3.40. The van der Waals surface area contributed by atoms with E-state index in [9.17, 15) is 4.79 Å². The highest BCUT2D eigenvalue weighted by Gasteiger charge is 2.16. The summed E-state index contributed by atoms with van der Waals surface area (Å²) in [4.78, 5) is 18.7. The van der Waals surface area contributed by atoms with E-state index in [1.54, 1.807) is 7.05 Å². The van der Waals surface area contributed by atoms with Crippen molar-refractivity contribution in [2.75, 3.05) is 45.1 Å². The van der Waals surface area contributed by atoms with Crippen LogP contribution >= 0.6 is 0 Å². The number of hydrogen-bond acceptors (Lipinski definition) is 4. The molecule has 0 aromatic heterocycles. The highest BCUT2D eigenvalue weighted by Crippen LogP contribution is 2.13. The van der Waals surface area contributed by atoms with E-state index in [0.717, 1.165) is 37.6 Å². The molecule has 1 heterocycles. The van der Waals surface area contributed by atoms with E-state index in [-0.39, 0.29) is 0 Å². The maximum Gasteiger partial charge on any atom is 0.412 e. The Morgan fingerprint density at radius 2 is 1.73 bits per heavy atom. The maximum absolute atomic E-state index is 11.8. The zero-order valence-corrected chi connectivity index (χ0v) is 19.1. The largest absolute Gasteiger partial charge is 0.444 e. The van der Waals surface area contributed by atoms with Crippen LogP contribution in [0.5, 0.6) is 0 Å². The fraction of sp³-hybridized carbons (Fsp3) is 0.652. The summed E-state index contributed by atoms with van der Waals surface area (Å²) in [5.41, 5.74) is 1.42. The van der Waals surface area contributed by atoms with Crippen molar-refractivity contribution in [1.82, 2.24) is 15.5 Å². The van der Waals surface area contributed by atoms with Crippen LogP contribution in [0.3, 0.4) is 0 Å². The van der Waals surface area contributed by atoms with E-state index >= 15 is 0 Å². The molecule has 0 radical (unpaired) electrons. The Hall–Kier alpha value is -2.28. The quantitative estimate of drug-likeness (QED) is 0.325. The van der Waals surface area contributed by atoms with Gasteiger partial charge in [0.1, 0.15) is 5.60 Å². The minimum absolute atomic E-state index is 0.438. The maximum atomic E-state index is 11.8. The molecule has 1 aliphatic rings. The predicted octanol–water partition coefficient (Wildman–Crippen LogP) is 3.62. The molecule has 2 rings (SSSR count). The van der Waals surface area contributed by atoms with E-state index in [1.807, 2.05) is 45.0 Å². The standard InChI is InChI=1S/C23H39N5O2/c1-23(2,3)30-22(29)27-20-11-9-19(10-12-20)13-15-26-21(24-4)25-14-5-6-16-28-17-7-8-18-28/h9-12H,5-8,13-18H2,1-4H3,(H,27,29)(H2,24,25,26). The van der Waals surface area contributed by atoms with Gasteiger partial charge < -0.3 is 20.3 Å². The van der Waals surface area contributed by atoms with E-state index in [2.05, 4.69) is 25.8 Å². The van der Waals surface area contributed by atoms with Gasteiger partial charge in [0.15, 0.2) is 5.96 Å². The average Bonchev–Trinajstić information content (AvgIpc) is 3.19. The Morgan fingerprint density at radius 1 is 1.07 bits per heavy atom. The number of rotatable bonds is 9. The molecular weight excluding hydrogens is 378 g/mol. The second-order valence-electron chi connectivity index (χ2n) is 8.76. The molecule has 1 aliphatic heterocycles. The number of carbonyl (C=O) groups is 1. The van der Waals surface area contributed by atoms with Crippen molar-refractivity contribution >= 4 is 17.7 Å². The van der Waals surface area contributed by atoms with Gasteiger partial charge in [0.25, 0.3) is 0 Å². The third-order valence-corrected chi connectivity index (χ3v) is 4.92. The van der Waals surface area contributed by atoms with Crippen LogP contribution in [0.4, 0.5) is 10.5 Å². The lowest BCUT2D eigenvalue weighted by Gasteiger charge is -2.19. The number of guanidine groups is 1. The molecule has 0 bridgehead atoms. The molecule has 168 valence electrons. The Bertz CT molecular complexity index is 661. The molecule has 1 aromatic rings. The lowest BCUT2D eigenvalue weighted by atomic mass is 10.1. The number of anilines is 1. The number of amides is 1. The van der Waals surface area contributed by atoms with Crippen LogP contribution in [0, 0.1) is 0 Å². The minimum Gasteiger partial charge on any atom is -0.444 e. The van der Waals surface area contributed by atoms with Crippen LogP contribution in [0.2, 0.25) is 0 Å². The molecule has 7 nitrogen and oxygen atoms in total. The SMILES string of the molecule is CN=C(NCCCCN1CCCC1)NCCc1ccc(NC(=O)OC(C)(C)C)cc1. The van der Waals surface area contributed by atoms with Gasteiger partial charge in [0.2, 0.25) is 0 Å². The summed E-state index contributed by atoms with van der Waals surface area (Å²) in [6, 6.07) is 7.82. The van der Waals surface area contributed by atoms with Crippen molar-refractivity contribution in [3.63, 3.8) is 0 Å². The van der Waals surface area contributed by atoms with Gasteiger partial charge in [-0.05, 0) is 90.2 Å². The summed E-state index contributed by atoms with van der Waals surface area (Å²) in [7, 11) is 1.80. The van der Waals surface area contributed by atoms with Crippen LogP contribution < -0.4 is 16.0 Å². The van der Waals surface area contributed by atoms with E-state index in [4.69, 9.17) is 4.74 Å². The number of carbonyl (C=O) groups excluding carboxylic acids is 1. The van der Waals surface area contributed by atoms with Crippen molar-refractivity contribution in [3.05, 3.63) is 29.8 Å². The van der Waals surface area contributed by atoms with Gasteiger partial charge in [-0.15, -0.1) is 0 Å². The van der Waals surface area contributed by atoms with Gasteiger partial charge in [0.05, 0.1) is 0 Å². The summed E-state index contributed by atoms with van der Waals surface area (Å²) >= 11 is 0. The van der Waals surface area contributed by atoms with Crippen LogP contribution in [0.1, 0.15) is 52.0 Å². The molecule has 0 unspecified atom stereocenters. The van der Waals surface area contributed by atoms with Crippen molar-refractivity contribution in [2.45, 2.75) is 58.5 Å². The van der Waals surface area contributed by atoms with Gasteiger partial charge in [0, 0.05) is 25.8 Å². The first-order valence-electron chi connectivity index (χ1n) is 11.1. The van der Waals surface area contributed by atoms with Crippen molar-refractivity contribution < 1.29 is 9.53 Å². The molecule has 0 saturated carbocycles. The van der Waals surface area contributed by atoms with Crippen molar-refractivity contribution in [3.8, 4) is 0 Å². The Balaban J connectivity index is 1.60. The van der Waals surface area contributed by atoms with Crippen LogP contribution in [-0.4, -0.2) is 62.3 Å². The molecule has 3 N–H and O–H groups in total. The monoisotopic (exact) mass is 417 g/mol. The average molecular weight is 418 g/mol. The second kappa shape index (κ2) is 12.4. The first-order valence-corrected chi connectivity index (χ1v) is 11.1. The van der Waals surface area contributed by atoms with E-state index in [1.165, 1.54) is 44.5 Å². The second-order valence-corrected chi connectivity index (χ2v) is 8.76. The summed E-state index contributed by atoms with van der Waals surface area (Å²) in [5.74, 6) is 0.847. The molecule has 1 amide bonds. The third-order valence-electron chi connectivity index (χ3n) is 4.92. The van der Waals surface area contributed by atoms with Gasteiger partial charge in [-0.2, -0.15) is 0 Å². The smallest absolute Gasteiger partial charge is 0.412 e. The first-order chi connectivity index (χ1) is 14.4. The fourth-order valence-corrected chi connectivity index (χ4v) is 3.40. The highest BCUT2D eigenvalue weighted by molar-refractivity contribution is 5.84. The van der Waals surface area contributed by atoms with Crippen molar-refractivity contribution in [2.24, 2.45) is 4.99 Å². The van der Waals surface area contributed by atoms with E-state index in [0.29, 0.717) is 0 Å². The van der Waals surface area contributed by atoms with Crippen LogP contribution in [0.15, 0.2) is 29.3 Å². The van der Waals surface area contributed by atoms with Crippen LogP contribution in [-0.2, 0) is 11.2 Å². The molecule has 30 heavy (non-hydrogen) atoms. The van der Waals surface area contributed by atoms with Gasteiger partial charge in [-0.1, -0.05) is 12.1 Å². The number of nitrogens with one attached hydrogen (secondary N) is 3. The number of likely N-dealkylation sites (tertiary alicyclic amines) is 1. The Labute approximate surface area is 181 Å². The third kappa shape index (κ3) is 9.96. The molecular formula is C23H39N5O2. The molecule has 7 heteroatoms. The summed E-state index contributed by atoms with van der Waals surface area (Å²) < 4.78 is 5.27. The van der Waals surface area contributed by atoms with Gasteiger partial charge in [-0.3, -0.25) is 10.3 Å². The number of benzene rings is 1. The summed E-state index contributed by atoms with van der Waals surface area (Å²) in [6.45, 7) is 11.0. The lowest BCUT2D eigenvalue weighted by molar-refractivity contribution is 0.0636. The zero-order chi connectivity index (χ0) is 21.8. The summed E-state index contributed by atoms with van der Waals surface area (Å²) in [5, 5.41) is 9.50. The number of aliphatic imine (C=N–C) groups is 1. The Kier molecular flexibility index (Phi) is 9.94. The highest BCUT2D eigenvalue weighted by atomic mass is 16.6. The lowest BCUT2D eigenvalue weighted by Crippen LogP contribution is -2.38. The summed E-state index contributed by atoms with van der Waals surface area (Å²) in [6.07, 6.45) is 5.54. The number of ether oxygens (including phenoxy) is 1. The topological polar surface area (TPSA) is 78.0 Å².